The van der Waals surface area contributed by atoms with Crippen molar-refractivity contribution in [2.75, 3.05) is 18.8 Å². The Morgan fingerprint density at radius 2 is 2.35 bits per heavy atom. The minimum atomic E-state index is -0.716. The van der Waals surface area contributed by atoms with Gasteiger partial charge in [0.25, 0.3) is 11.6 Å². The van der Waals surface area contributed by atoms with Gasteiger partial charge in [0, 0.05) is 36.2 Å². The van der Waals surface area contributed by atoms with E-state index in [0.29, 0.717) is 18.3 Å². The van der Waals surface area contributed by atoms with Gasteiger partial charge >= 0.3 is 0 Å². The van der Waals surface area contributed by atoms with Crippen LogP contribution in [0.3, 0.4) is 0 Å². The molecule has 0 saturated carbocycles. The third-order valence-corrected chi connectivity index (χ3v) is 4.64. The summed E-state index contributed by atoms with van der Waals surface area (Å²) in [4.78, 5) is 24.0. The highest BCUT2D eigenvalue weighted by atomic mass is 32.2. The number of halogens is 1. The molecule has 0 aromatic heterocycles. The van der Waals surface area contributed by atoms with Crippen LogP contribution in [0.5, 0.6) is 0 Å². The van der Waals surface area contributed by atoms with E-state index in [0.717, 1.165) is 30.4 Å². The van der Waals surface area contributed by atoms with Crippen LogP contribution in [0.25, 0.3) is 0 Å². The molecule has 0 radical (unpaired) electrons. The van der Waals surface area contributed by atoms with Crippen LogP contribution in [-0.2, 0) is 0 Å². The van der Waals surface area contributed by atoms with Gasteiger partial charge in [-0.1, -0.05) is 6.92 Å². The van der Waals surface area contributed by atoms with E-state index < -0.39 is 16.6 Å². The van der Waals surface area contributed by atoms with E-state index in [1.165, 1.54) is 0 Å². The van der Waals surface area contributed by atoms with Gasteiger partial charge in [-0.05, 0) is 12.5 Å². The van der Waals surface area contributed by atoms with Crippen LogP contribution < -0.4 is 0 Å². The minimum Gasteiger partial charge on any atom is -0.337 e. The second-order valence-electron chi connectivity index (χ2n) is 4.57. The number of non-ortho nitro benzene ring substituents is 1. The van der Waals surface area contributed by atoms with Crippen LogP contribution in [-0.4, -0.2) is 39.8 Å². The molecule has 0 bridgehead atoms. The Labute approximate surface area is 120 Å². The number of hydrogen-bond donors (Lipinski definition) is 0. The molecule has 2 rings (SSSR count). The van der Waals surface area contributed by atoms with E-state index in [1.807, 2.05) is 6.92 Å². The van der Waals surface area contributed by atoms with Gasteiger partial charge in [0.1, 0.15) is 5.82 Å². The Kier molecular flexibility index (Phi) is 4.59. The fraction of sp³-hybridized carbons (Fsp3) is 0.462. The van der Waals surface area contributed by atoms with E-state index in [2.05, 4.69) is 0 Å². The number of hydrogen-bond acceptors (Lipinski definition) is 4. The number of benzene rings is 1. The highest BCUT2D eigenvalue weighted by Crippen LogP contribution is 2.24. The third kappa shape index (κ3) is 3.09. The molecule has 1 heterocycles. The largest absolute Gasteiger partial charge is 0.337 e. The van der Waals surface area contributed by atoms with Gasteiger partial charge in [-0.2, -0.15) is 11.8 Å². The molecular formula is C13H15FN2O3S. The summed E-state index contributed by atoms with van der Waals surface area (Å²) in [6, 6.07) is 3.05. The summed E-state index contributed by atoms with van der Waals surface area (Å²) in [6.45, 7) is 3.14. The summed E-state index contributed by atoms with van der Waals surface area (Å²) in [5.41, 5.74) is -0.492. The molecule has 1 amide bonds. The second kappa shape index (κ2) is 6.21. The molecule has 20 heavy (non-hydrogen) atoms. The van der Waals surface area contributed by atoms with Crippen LogP contribution in [0.4, 0.5) is 10.1 Å². The van der Waals surface area contributed by atoms with Crippen molar-refractivity contribution in [3.8, 4) is 0 Å². The molecule has 1 aromatic rings. The number of nitrogens with zero attached hydrogens (tertiary/aromatic N) is 2. The van der Waals surface area contributed by atoms with Crippen molar-refractivity contribution in [2.45, 2.75) is 18.6 Å². The molecule has 108 valence electrons. The second-order valence-corrected chi connectivity index (χ2v) is 5.98. The molecule has 0 spiro atoms. The van der Waals surface area contributed by atoms with Crippen LogP contribution in [0, 0.1) is 15.9 Å². The molecule has 0 aliphatic carbocycles. The Morgan fingerprint density at radius 1 is 1.60 bits per heavy atom. The molecule has 0 N–H and O–H groups in total. The first kappa shape index (κ1) is 14.8. The molecule has 1 aliphatic heterocycles. The maximum atomic E-state index is 13.7. The lowest BCUT2D eigenvalue weighted by Crippen LogP contribution is -2.42. The van der Waals surface area contributed by atoms with E-state index in [1.54, 1.807) is 16.7 Å². The van der Waals surface area contributed by atoms with E-state index >= 15 is 0 Å². The summed E-state index contributed by atoms with van der Waals surface area (Å²) in [5.74, 6) is -0.377. The highest BCUT2D eigenvalue weighted by Gasteiger charge is 2.26. The minimum absolute atomic E-state index is 0.221. The summed E-state index contributed by atoms with van der Waals surface area (Å²) < 4.78 is 13.7. The Morgan fingerprint density at radius 3 is 3.00 bits per heavy atom. The maximum absolute atomic E-state index is 13.7. The van der Waals surface area contributed by atoms with E-state index in [4.69, 9.17) is 0 Å². The van der Waals surface area contributed by atoms with Crippen LogP contribution in [0.15, 0.2) is 18.2 Å². The summed E-state index contributed by atoms with van der Waals surface area (Å²) >= 11 is 1.80. The number of carbonyl (C=O) groups excluding carboxylic acids is 1. The fourth-order valence-electron chi connectivity index (χ4n) is 2.11. The number of amides is 1. The normalized spacial score (nSPS) is 18.9. The van der Waals surface area contributed by atoms with Crippen molar-refractivity contribution < 1.29 is 14.1 Å². The van der Waals surface area contributed by atoms with Crippen molar-refractivity contribution in [1.82, 2.24) is 4.90 Å². The molecule has 5 nitrogen and oxygen atoms in total. The molecule has 1 unspecified atom stereocenters. The molecule has 1 atom stereocenters. The zero-order valence-corrected chi connectivity index (χ0v) is 11.9. The zero-order chi connectivity index (χ0) is 14.7. The van der Waals surface area contributed by atoms with Crippen LogP contribution in [0.2, 0.25) is 0 Å². The number of thioether (sulfide) groups is 1. The first-order chi connectivity index (χ1) is 9.52. The number of nitro benzene ring substituents is 1. The SMILES string of the molecule is CCC1CN(C(=O)c2cc([N+](=O)[O-])ccc2F)CCS1. The Hall–Kier alpha value is -1.63. The molecule has 1 saturated heterocycles. The summed E-state index contributed by atoms with van der Waals surface area (Å²) in [6.07, 6.45) is 0.936. The lowest BCUT2D eigenvalue weighted by atomic mass is 10.1. The van der Waals surface area contributed by atoms with Crippen molar-refractivity contribution in [2.24, 2.45) is 0 Å². The number of rotatable bonds is 3. The van der Waals surface area contributed by atoms with Gasteiger partial charge in [-0.3, -0.25) is 14.9 Å². The van der Waals surface area contributed by atoms with Crippen molar-refractivity contribution >= 4 is 23.4 Å². The smallest absolute Gasteiger partial charge is 0.270 e. The average molecular weight is 298 g/mol. The number of nitro groups is 1. The topological polar surface area (TPSA) is 63.5 Å². The average Bonchev–Trinajstić information content (AvgIpc) is 2.46. The maximum Gasteiger partial charge on any atom is 0.270 e. The highest BCUT2D eigenvalue weighted by molar-refractivity contribution is 8.00. The standard InChI is InChI=1S/C13H15FN2O3S/c1-2-10-8-15(5-6-20-10)13(17)11-7-9(16(18)19)3-4-12(11)14/h3-4,7,10H,2,5-6,8H2,1H3. The van der Waals surface area contributed by atoms with Gasteiger partial charge in [0.05, 0.1) is 10.5 Å². The quantitative estimate of drug-likeness (QED) is 0.636. The molecule has 1 aromatic carbocycles. The lowest BCUT2D eigenvalue weighted by molar-refractivity contribution is -0.384. The Balaban J connectivity index is 2.24. The third-order valence-electron chi connectivity index (χ3n) is 3.27. The zero-order valence-electron chi connectivity index (χ0n) is 11.0. The first-order valence-corrected chi connectivity index (χ1v) is 7.42. The van der Waals surface area contributed by atoms with E-state index in [-0.39, 0.29) is 11.3 Å². The lowest BCUT2D eigenvalue weighted by Gasteiger charge is -2.32. The monoisotopic (exact) mass is 298 g/mol. The van der Waals surface area contributed by atoms with Gasteiger partial charge < -0.3 is 4.90 Å². The molecule has 1 aliphatic rings. The summed E-state index contributed by atoms with van der Waals surface area (Å²) in [5, 5.41) is 11.1. The van der Waals surface area contributed by atoms with Crippen LogP contribution in [0.1, 0.15) is 23.7 Å². The molecule has 7 heteroatoms. The summed E-state index contributed by atoms with van der Waals surface area (Å²) in [7, 11) is 0. The fourth-order valence-corrected chi connectivity index (χ4v) is 3.29. The predicted molar refractivity (Wildman–Crippen MR) is 75.5 cm³/mol. The molecule has 1 fully saturated rings. The first-order valence-electron chi connectivity index (χ1n) is 6.37. The van der Waals surface area contributed by atoms with Gasteiger partial charge in [0.15, 0.2) is 0 Å². The van der Waals surface area contributed by atoms with Gasteiger partial charge in [-0.25, -0.2) is 4.39 Å². The number of carbonyl (C=O) groups is 1. The van der Waals surface area contributed by atoms with Gasteiger partial charge in [0.2, 0.25) is 0 Å². The van der Waals surface area contributed by atoms with Crippen molar-refractivity contribution in [3.05, 3.63) is 39.7 Å². The van der Waals surface area contributed by atoms with E-state index in [9.17, 15) is 19.3 Å². The van der Waals surface area contributed by atoms with Crippen molar-refractivity contribution in [1.29, 1.82) is 0 Å². The Bertz CT molecular complexity index is 538. The predicted octanol–water partition coefficient (Wildman–Crippen LogP) is 2.70. The van der Waals surface area contributed by atoms with Crippen LogP contribution >= 0.6 is 11.8 Å². The molecular weight excluding hydrogens is 283 g/mol. The van der Waals surface area contributed by atoms with Crippen molar-refractivity contribution in [3.63, 3.8) is 0 Å². The van der Waals surface area contributed by atoms with Gasteiger partial charge in [-0.15, -0.1) is 0 Å².